The highest BCUT2D eigenvalue weighted by molar-refractivity contribution is 6.31. The zero-order valence-corrected chi connectivity index (χ0v) is 18.7. The Morgan fingerprint density at radius 1 is 1.09 bits per heavy atom. The summed E-state index contributed by atoms with van der Waals surface area (Å²) in [7, 11) is 0. The van der Waals surface area contributed by atoms with E-state index in [-0.39, 0.29) is 16.0 Å². The molecule has 0 radical (unpaired) electrons. The van der Waals surface area contributed by atoms with Crippen LogP contribution in [0.15, 0.2) is 36.4 Å². The van der Waals surface area contributed by atoms with Gasteiger partial charge in [-0.25, -0.2) is 8.78 Å². The standard InChI is InChI=1S/C22H20Cl2F2N6/c1-22(13-5-2-3-6-13)27-19(21-28-30-31-29-21)20(12-9-10-16(25)15(24)11-12)32(22)17-8-4-7-14(23)18(17)26/h4,7-11,13,27H,2-3,5-6H2,1H3,(H,28,29,30,31). The van der Waals surface area contributed by atoms with Crippen molar-refractivity contribution in [3.05, 3.63) is 69.5 Å². The van der Waals surface area contributed by atoms with Gasteiger partial charge in [0.2, 0.25) is 5.82 Å². The molecule has 1 aromatic heterocycles. The third-order valence-corrected chi connectivity index (χ3v) is 6.97. The lowest BCUT2D eigenvalue weighted by Crippen LogP contribution is -2.55. The number of rotatable bonds is 4. The number of tetrazole rings is 1. The van der Waals surface area contributed by atoms with Gasteiger partial charge in [0.05, 0.1) is 21.4 Å². The van der Waals surface area contributed by atoms with Gasteiger partial charge in [-0.2, -0.15) is 5.21 Å². The quantitative estimate of drug-likeness (QED) is 0.510. The Bertz CT molecular complexity index is 1190. The van der Waals surface area contributed by atoms with Gasteiger partial charge in [0.1, 0.15) is 17.2 Å². The van der Waals surface area contributed by atoms with Crippen LogP contribution >= 0.6 is 23.2 Å². The molecule has 10 heteroatoms. The second kappa shape index (κ2) is 8.01. The molecule has 1 atom stereocenters. The molecule has 6 nitrogen and oxygen atoms in total. The molecule has 0 saturated heterocycles. The summed E-state index contributed by atoms with van der Waals surface area (Å²) in [5.74, 6) is -0.562. The van der Waals surface area contributed by atoms with Crippen LogP contribution in [-0.4, -0.2) is 26.3 Å². The lowest BCUT2D eigenvalue weighted by Gasteiger charge is -2.43. The number of H-pyrrole nitrogens is 1. The predicted octanol–water partition coefficient (Wildman–Crippen LogP) is 5.63. The van der Waals surface area contributed by atoms with E-state index < -0.39 is 17.3 Å². The van der Waals surface area contributed by atoms with Gasteiger partial charge in [0, 0.05) is 11.5 Å². The SMILES string of the molecule is CC1(C2CCCC2)NC(c2nn[nH]n2)=C(c2ccc(F)c(Cl)c2)N1c1cccc(Cl)c1F. The van der Waals surface area contributed by atoms with Crippen LogP contribution in [-0.2, 0) is 0 Å². The van der Waals surface area contributed by atoms with E-state index in [2.05, 4.69) is 25.9 Å². The van der Waals surface area contributed by atoms with Crippen molar-refractivity contribution >= 4 is 40.3 Å². The average Bonchev–Trinajstić information content (AvgIpc) is 3.53. The molecule has 32 heavy (non-hydrogen) atoms. The lowest BCUT2D eigenvalue weighted by molar-refractivity contribution is 0.279. The molecule has 0 bridgehead atoms. The molecule has 2 heterocycles. The molecule has 2 aromatic carbocycles. The molecule has 1 saturated carbocycles. The van der Waals surface area contributed by atoms with Gasteiger partial charge in [-0.05, 0) is 55.3 Å². The average molecular weight is 477 g/mol. The Balaban J connectivity index is 1.79. The van der Waals surface area contributed by atoms with Crippen LogP contribution in [0.2, 0.25) is 10.0 Å². The Morgan fingerprint density at radius 2 is 1.88 bits per heavy atom. The largest absolute Gasteiger partial charge is 0.357 e. The summed E-state index contributed by atoms with van der Waals surface area (Å²) in [5, 5.41) is 18.0. The Morgan fingerprint density at radius 3 is 2.56 bits per heavy atom. The van der Waals surface area contributed by atoms with Crippen molar-refractivity contribution in [2.24, 2.45) is 5.92 Å². The van der Waals surface area contributed by atoms with Gasteiger partial charge in [-0.3, -0.25) is 0 Å². The lowest BCUT2D eigenvalue weighted by atomic mass is 9.90. The monoisotopic (exact) mass is 476 g/mol. The Kier molecular flexibility index (Phi) is 5.29. The molecule has 1 fully saturated rings. The topological polar surface area (TPSA) is 69.7 Å². The van der Waals surface area contributed by atoms with E-state index in [4.69, 9.17) is 23.2 Å². The molecule has 166 valence electrons. The van der Waals surface area contributed by atoms with Gasteiger partial charge >= 0.3 is 0 Å². The molecule has 1 aliphatic heterocycles. The highest BCUT2D eigenvalue weighted by atomic mass is 35.5. The molecule has 0 spiro atoms. The van der Waals surface area contributed by atoms with Crippen molar-refractivity contribution in [1.29, 1.82) is 0 Å². The number of nitrogens with zero attached hydrogens (tertiary/aromatic N) is 4. The van der Waals surface area contributed by atoms with Gasteiger partial charge < -0.3 is 10.2 Å². The maximum atomic E-state index is 15.4. The van der Waals surface area contributed by atoms with E-state index in [1.165, 1.54) is 18.2 Å². The number of hydrogen-bond acceptors (Lipinski definition) is 5. The second-order valence-corrected chi connectivity index (χ2v) is 9.06. The van der Waals surface area contributed by atoms with E-state index in [9.17, 15) is 4.39 Å². The van der Waals surface area contributed by atoms with Crippen molar-refractivity contribution in [3.63, 3.8) is 0 Å². The molecular formula is C22H20Cl2F2N6. The van der Waals surface area contributed by atoms with Gasteiger partial charge in [-0.1, -0.05) is 42.1 Å². The fourth-order valence-corrected chi connectivity index (χ4v) is 5.22. The second-order valence-electron chi connectivity index (χ2n) is 8.25. The number of aromatic amines is 1. The number of benzene rings is 2. The van der Waals surface area contributed by atoms with E-state index >= 15 is 4.39 Å². The Labute approximate surface area is 193 Å². The van der Waals surface area contributed by atoms with E-state index in [0.717, 1.165) is 25.7 Å². The summed E-state index contributed by atoms with van der Waals surface area (Å²) in [6, 6.07) is 9.31. The van der Waals surface area contributed by atoms with Gasteiger partial charge in [-0.15, -0.1) is 10.2 Å². The molecular weight excluding hydrogens is 457 g/mol. The first-order chi connectivity index (χ1) is 15.4. The first-order valence-corrected chi connectivity index (χ1v) is 11.1. The number of anilines is 1. The third kappa shape index (κ3) is 3.33. The van der Waals surface area contributed by atoms with Crippen LogP contribution in [0.1, 0.15) is 44.0 Å². The van der Waals surface area contributed by atoms with Crippen molar-refractivity contribution in [3.8, 4) is 0 Å². The van der Waals surface area contributed by atoms with Crippen LogP contribution < -0.4 is 10.2 Å². The number of aromatic nitrogens is 4. The summed E-state index contributed by atoms with van der Waals surface area (Å²) in [6.07, 6.45) is 4.12. The normalized spacial score (nSPS) is 21.5. The summed E-state index contributed by atoms with van der Waals surface area (Å²) >= 11 is 12.3. The zero-order valence-electron chi connectivity index (χ0n) is 17.2. The van der Waals surface area contributed by atoms with Crippen molar-refractivity contribution in [2.45, 2.75) is 38.3 Å². The smallest absolute Gasteiger partial charge is 0.222 e. The summed E-state index contributed by atoms with van der Waals surface area (Å²) in [5.41, 5.74) is 1.30. The minimum atomic E-state index is -0.714. The third-order valence-electron chi connectivity index (χ3n) is 6.39. The van der Waals surface area contributed by atoms with Crippen molar-refractivity contribution in [1.82, 2.24) is 25.9 Å². The minimum absolute atomic E-state index is 0.0146. The van der Waals surface area contributed by atoms with E-state index in [1.807, 2.05) is 11.8 Å². The summed E-state index contributed by atoms with van der Waals surface area (Å²) in [4.78, 5) is 1.89. The van der Waals surface area contributed by atoms with Crippen LogP contribution in [0.25, 0.3) is 11.4 Å². The molecule has 1 unspecified atom stereocenters. The number of halogens is 4. The highest BCUT2D eigenvalue weighted by Crippen LogP contribution is 2.49. The van der Waals surface area contributed by atoms with E-state index in [1.54, 1.807) is 18.2 Å². The van der Waals surface area contributed by atoms with Crippen LogP contribution in [0.5, 0.6) is 0 Å². The minimum Gasteiger partial charge on any atom is -0.357 e. The van der Waals surface area contributed by atoms with Crippen LogP contribution in [0.3, 0.4) is 0 Å². The molecule has 3 aromatic rings. The van der Waals surface area contributed by atoms with Gasteiger partial charge in [0.25, 0.3) is 0 Å². The first-order valence-electron chi connectivity index (χ1n) is 10.4. The molecule has 1 aliphatic carbocycles. The van der Waals surface area contributed by atoms with Gasteiger partial charge in [0.15, 0.2) is 5.82 Å². The molecule has 0 amide bonds. The maximum Gasteiger partial charge on any atom is 0.222 e. The maximum absolute atomic E-state index is 15.4. The fraction of sp³-hybridized carbons (Fsp3) is 0.318. The zero-order chi connectivity index (χ0) is 22.5. The fourth-order valence-electron chi connectivity index (χ4n) is 4.87. The molecule has 2 N–H and O–H groups in total. The number of nitrogens with one attached hydrogen (secondary N) is 2. The predicted molar refractivity (Wildman–Crippen MR) is 120 cm³/mol. The molecule has 2 aliphatic rings. The van der Waals surface area contributed by atoms with Crippen LogP contribution in [0, 0.1) is 17.6 Å². The summed E-state index contributed by atoms with van der Waals surface area (Å²) < 4.78 is 29.4. The molecule has 5 rings (SSSR count). The highest BCUT2D eigenvalue weighted by Gasteiger charge is 2.50. The first kappa shape index (κ1) is 21.2. The van der Waals surface area contributed by atoms with E-state index in [0.29, 0.717) is 28.5 Å². The Hall–Kier alpha value is -2.71. The number of hydrogen-bond donors (Lipinski definition) is 2. The van der Waals surface area contributed by atoms with Crippen LogP contribution in [0.4, 0.5) is 14.5 Å². The summed E-state index contributed by atoms with van der Waals surface area (Å²) in [6.45, 7) is 2.03. The van der Waals surface area contributed by atoms with Crippen molar-refractivity contribution < 1.29 is 8.78 Å². The van der Waals surface area contributed by atoms with Crippen molar-refractivity contribution in [2.75, 3.05) is 4.90 Å².